The Morgan fingerprint density at radius 1 is 1.42 bits per heavy atom. The number of aryl methyl sites for hydroxylation is 1. The maximum Gasteiger partial charge on any atom is 0.255 e. The molecule has 6 heteroatoms. The summed E-state index contributed by atoms with van der Waals surface area (Å²) < 4.78 is 1.87. The number of fused-ring (bicyclic) bond motifs is 1. The molecule has 3 aromatic rings. The quantitative estimate of drug-likeness (QED) is 0.703. The van der Waals surface area contributed by atoms with Crippen LogP contribution in [0, 0.1) is 6.92 Å². The number of hydrogen-bond acceptors (Lipinski definition) is 4. The highest BCUT2D eigenvalue weighted by atomic mass is 32.1. The number of carbonyl (C=O) groups excluding carboxylic acids is 1. The first-order chi connectivity index (χ1) is 11.5. The van der Waals surface area contributed by atoms with Gasteiger partial charge in [-0.05, 0) is 45.2 Å². The van der Waals surface area contributed by atoms with Crippen molar-refractivity contribution in [3.8, 4) is 0 Å². The Bertz CT molecular complexity index is 851. The third kappa shape index (κ3) is 3.06. The number of nitrogens with zero attached hydrogens (tertiary/aromatic N) is 4. The van der Waals surface area contributed by atoms with E-state index < -0.39 is 0 Å². The third-order valence-corrected chi connectivity index (χ3v) is 4.87. The maximum absolute atomic E-state index is 13.1. The second-order valence-corrected chi connectivity index (χ2v) is 7.16. The second kappa shape index (κ2) is 6.73. The van der Waals surface area contributed by atoms with Crippen LogP contribution in [0.2, 0.25) is 0 Å². The van der Waals surface area contributed by atoms with Crippen LogP contribution in [0.5, 0.6) is 0 Å². The molecule has 0 saturated carbocycles. The van der Waals surface area contributed by atoms with E-state index >= 15 is 0 Å². The van der Waals surface area contributed by atoms with Gasteiger partial charge in [0, 0.05) is 23.2 Å². The van der Waals surface area contributed by atoms with E-state index in [1.165, 1.54) is 4.88 Å². The van der Waals surface area contributed by atoms with Crippen LogP contribution in [-0.2, 0) is 6.54 Å². The third-order valence-electron chi connectivity index (χ3n) is 4.01. The first kappa shape index (κ1) is 16.6. The topological polar surface area (TPSA) is 51.0 Å². The molecule has 1 amide bonds. The van der Waals surface area contributed by atoms with E-state index in [4.69, 9.17) is 0 Å². The Labute approximate surface area is 145 Å². The van der Waals surface area contributed by atoms with Gasteiger partial charge in [-0.25, -0.2) is 9.67 Å². The van der Waals surface area contributed by atoms with Gasteiger partial charge < -0.3 is 4.90 Å². The van der Waals surface area contributed by atoms with E-state index in [1.54, 1.807) is 17.5 Å². The van der Waals surface area contributed by atoms with E-state index in [9.17, 15) is 4.79 Å². The van der Waals surface area contributed by atoms with Crippen LogP contribution in [0.3, 0.4) is 0 Å². The van der Waals surface area contributed by atoms with E-state index in [1.807, 2.05) is 40.9 Å². The molecular weight excluding hydrogens is 320 g/mol. The molecule has 3 rings (SSSR count). The molecule has 0 spiro atoms. The number of aromatic nitrogens is 3. The molecule has 0 N–H and O–H groups in total. The Kier molecular flexibility index (Phi) is 4.66. The standard InChI is InChI=1S/C18H22N4OS/c1-5-21(11-14-7-6-8-24-14)18(23)15-9-13(4)20-17-16(15)10-19-22(17)12(2)3/h6-10,12H,5,11H2,1-4H3. The van der Waals surface area contributed by atoms with Crippen molar-refractivity contribution >= 4 is 28.3 Å². The van der Waals surface area contributed by atoms with Crippen LogP contribution in [-0.4, -0.2) is 32.1 Å². The van der Waals surface area contributed by atoms with Gasteiger partial charge in [-0.3, -0.25) is 4.79 Å². The zero-order valence-electron chi connectivity index (χ0n) is 14.5. The van der Waals surface area contributed by atoms with Crippen molar-refractivity contribution in [2.75, 3.05) is 6.54 Å². The van der Waals surface area contributed by atoms with Crippen molar-refractivity contribution in [3.05, 3.63) is 45.9 Å². The van der Waals surface area contributed by atoms with Crippen LogP contribution >= 0.6 is 11.3 Å². The van der Waals surface area contributed by atoms with E-state index in [2.05, 4.69) is 30.0 Å². The Hall–Kier alpha value is -2.21. The van der Waals surface area contributed by atoms with Crippen LogP contribution < -0.4 is 0 Å². The summed E-state index contributed by atoms with van der Waals surface area (Å²) in [5.74, 6) is 0.0321. The Morgan fingerprint density at radius 2 is 2.21 bits per heavy atom. The molecule has 0 radical (unpaired) electrons. The normalized spacial score (nSPS) is 11.4. The van der Waals surface area contributed by atoms with Crippen molar-refractivity contribution < 1.29 is 4.79 Å². The van der Waals surface area contributed by atoms with Gasteiger partial charge in [0.1, 0.15) is 0 Å². The van der Waals surface area contributed by atoms with Crippen LogP contribution in [0.4, 0.5) is 0 Å². The molecule has 0 aliphatic heterocycles. The zero-order chi connectivity index (χ0) is 17.3. The molecule has 0 aliphatic carbocycles. The van der Waals surface area contributed by atoms with Crippen molar-refractivity contribution in [1.82, 2.24) is 19.7 Å². The molecule has 0 aromatic carbocycles. The van der Waals surface area contributed by atoms with Crippen molar-refractivity contribution in [1.29, 1.82) is 0 Å². The fraction of sp³-hybridized carbons (Fsp3) is 0.389. The van der Waals surface area contributed by atoms with Crippen LogP contribution in [0.15, 0.2) is 29.8 Å². The summed E-state index contributed by atoms with van der Waals surface area (Å²) in [5.41, 5.74) is 2.30. The number of pyridine rings is 1. The molecule has 3 heterocycles. The first-order valence-corrected chi connectivity index (χ1v) is 9.05. The molecule has 0 unspecified atom stereocenters. The molecule has 0 saturated heterocycles. The molecule has 24 heavy (non-hydrogen) atoms. The van der Waals surface area contributed by atoms with Crippen molar-refractivity contribution in [2.24, 2.45) is 0 Å². The highest BCUT2D eigenvalue weighted by Crippen LogP contribution is 2.23. The van der Waals surface area contributed by atoms with Crippen LogP contribution in [0.25, 0.3) is 11.0 Å². The number of hydrogen-bond donors (Lipinski definition) is 0. The van der Waals surface area contributed by atoms with Gasteiger partial charge in [-0.15, -0.1) is 11.3 Å². The lowest BCUT2D eigenvalue weighted by Crippen LogP contribution is -2.30. The summed E-state index contributed by atoms with van der Waals surface area (Å²) in [6.45, 7) is 9.35. The minimum atomic E-state index is 0.0321. The summed E-state index contributed by atoms with van der Waals surface area (Å²) in [7, 11) is 0. The molecule has 0 aliphatic rings. The van der Waals surface area contributed by atoms with Gasteiger partial charge in [-0.2, -0.15) is 5.10 Å². The van der Waals surface area contributed by atoms with Gasteiger partial charge in [0.2, 0.25) is 0 Å². The molecular formula is C18H22N4OS. The summed E-state index contributed by atoms with van der Waals surface area (Å²) in [6.07, 6.45) is 1.76. The maximum atomic E-state index is 13.1. The van der Waals surface area contributed by atoms with Gasteiger partial charge >= 0.3 is 0 Å². The minimum absolute atomic E-state index is 0.0321. The average Bonchev–Trinajstić information content (AvgIpc) is 3.20. The Balaban J connectivity index is 2.02. The van der Waals surface area contributed by atoms with Gasteiger partial charge in [0.15, 0.2) is 5.65 Å². The predicted molar refractivity (Wildman–Crippen MR) is 97.4 cm³/mol. The summed E-state index contributed by atoms with van der Waals surface area (Å²) in [6, 6.07) is 6.15. The molecule has 126 valence electrons. The lowest BCUT2D eigenvalue weighted by Gasteiger charge is -2.21. The summed E-state index contributed by atoms with van der Waals surface area (Å²) in [4.78, 5) is 20.8. The SMILES string of the molecule is CCN(Cc1cccs1)C(=O)c1cc(C)nc2c1cnn2C(C)C. The summed E-state index contributed by atoms with van der Waals surface area (Å²) >= 11 is 1.67. The fourth-order valence-corrected chi connectivity index (χ4v) is 3.51. The van der Waals surface area contributed by atoms with E-state index in [-0.39, 0.29) is 11.9 Å². The van der Waals surface area contributed by atoms with Gasteiger partial charge in [0.25, 0.3) is 5.91 Å². The minimum Gasteiger partial charge on any atom is -0.334 e. The average molecular weight is 342 g/mol. The second-order valence-electron chi connectivity index (χ2n) is 6.13. The van der Waals surface area contributed by atoms with E-state index in [0.717, 1.165) is 16.7 Å². The van der Waals surface area contributed by atoms with Crippen molar-refractivity contribution in [3.63, 3.8) is 0 Å². The lowest BCUT2D eigenvalue weighted by atomic mass is 10.1. The monoisotopic (exact) mass is 342 g/mol. The van der Waals surface area contributed by atoms with Gasteiger partial charge in [0.05, 0.1) is 23.7 Å². The molecule has 3 aromatic heterocycles. The molecule has 0 fully saturated rings. The highest BCUT2D eigenvalue weighted by Gasteiger charge is 2.21. The number of thiophene rings is 1. The largest absolute Gasteiger partial charge is 0.334 e. The predicted octanol–water partition coefficient (Wildman–Crippen LogP) is 4.04. The van der Waals surface area contributed by atoms with Crippen molar-refractivity contribution in [2.45, 2.75) is 40.3 Å². The number of carbonyl (C=O) groups is 1. The van der Waals surface area contributed by atoms with Crippen LogP contribution in [0.1, 0.15) is 47.7 Å². The smallest absolute Gasteiger partial charge is 0.255 e. The molecule has 5 nitrogen and oxygen atoms in total. The van der Waals surface area contributed by atoms with E-state index in [0.29, 0.717) is 18.7 Å². The molecule has 0 atom stereocenters. The lowest BCUT2D eigenvalue weighted by molar-refractivity contribution is 0.0756. The fourth-order valence-electron chi connectivity index (χ4n) is 2.79. The number of amides is 1. The molecule has 0 bridgehead atoms. The Morgan fingerprint density at radius 3 is 2.83 bits per heavy atom. The number of rotatable bonds is 5. The zero-order valence-corrected chi connectivity index (χ0v) is 15.3. The first-order valence-electron chi connectivity index (χ1n) is 8.17. The summed E-state index contributed by atoms with van der Waals surface area (Å²) in [5, 5.41) is 7.29. The van der Waals surface area contributed by atoms with Gasteiger partial charge in [-0.1, -0.05) is 6.07 Å². The highest BCUT2D eigenvalue weighted by molar-refractivity contribution is 7.09.